The van der Waals surface area contributed by atoms with E-state index in [2.05, 4.69) is 6.92 Å². The summed E-state index contributed by atoms with van der Waals surface area (Å²) in [5.41, 5.74) is 5.64. The van der Waals surface area contributed by atoms with E-state index in [1.165, 1.54) is 19.3 Å². The molecule has 0 aromatic rings. The van der Waals surface area contributed by atoms with Crippen molar-refractivity contribution in [3.63, 3.8) is 0 Å². The van der Waals surface area contributed by atoms with Crippen molar-refractivity contribution in [2.45, 2.75) is 38.6 Å². The van der Waals surface area contributed by atoms with Crippen LogP contribution in [0.1, 0.15) is 32.6 Å². The first-order chi connectivity index (χ1) is 5.24. The number of rotatable bonds is 4. The highest BCUT2D eigenvalue weighted by Gasteiger charge is 2.24. The van der Waals surface area contributed by atoms with Gasteiger partial charge in [-0.1, -0.05) is 26.2 Å². The summed E-state index contributed by atoms with van der Waals surface area (Å²) in [5.74, 6) is 1.61. The van der Waals surface area contributed by atoms with Crippen molar-refractivity contribution < 1.29 is 5.11 Å². The van der Waals surface area contributed by atoms with Crippen molar-refractivity contribution in [2.75, 3.05) is 6.61 Å². The summed E-state index contributed by atoms with van der Waals surface area (Å²) in [4.78, 5) is 0. The molecule has 0 saturated heterocycles. The summed E-state index contributed by atoms with van der Waals surface area (Å²) < 4.78 is 0. The van der Waals surface area contributed by atoms with Crippen LogP contribution < -0.4 is 5.73 Å². The molecule has 66 valence electrons. The van der Waals surface area contributed by atoms with Crippen molar-refractivity contribution in [3.05, 3.63) is 0 Å². The number of hydrogen-bond acceptors (Lipinski definition) is 2. The first-order valence-electron chi connectivity index (χ1n) is 4.60. The van der Waals surface area contributed by atoms with Gasteiger partial charge in [-0.3, -0.25) is 0 Å². The van der Waals surface area contributed by atoms with Gasteiger partial charge in [-0.05, 0) is 18.3 Å². The fourth-order valence-corrected chi connectivity index (χ4v) is 1.75. The highest BCUT2D eigenvalue weighted by Crippen LogP contribution is 2.34. The Balaban J connectivity index is 2.13. The lowest BCUT2D eigenvalue weighted by Gasteiger charge is -2.32. The van der Waals surface area contributed by atoms with Gasteiger partial charge in [0.1, 0.15) is 0 Å². The molecule has 2 atom stereocenters. The summed E-state index contributed by atoms with van der Waals surface area (Å²) in [7, 11) is 0. The third kappa shape index (κ3) is 2.46. The lowest BCUT2D eigenvalue weighted by atomic mass is 9.74. The molecule has 2 unspecified atom stereocenters. The van der Waals surface area contributed by atoms with Crippen molar-refractivity contribution in [2.24, 2.45) is 17.6 Å². The van der Waals surface area contributed by atoms with Gasteiger partial charge >= 0.3 is 0 Å². The molecule has 2 nitrogen and oxygen atoms in total. The summed E-state index contributed by atoms with van der Waals surface area (Å²) >= 11 is 0. The number of hydrogen-bond donors (Lipinski definition) is 2. The van der Waals surface area contributed by atoms with Crippen LogP contribution in [0.2, 0.25) is 0 Å². The third-order valence-electron chi connectivity index (χ3n) is 2.86. The van der Waals surface area contributed by atoms with Crippen LogP contribution in [0, 0.1) is 11.8 Å². The minimum Gasteiger partial charge on any atom is -0.395 e. The molecule has 11 heavy (non-hydrogen) atoms. The number of aliphatic hydroxyl groups is 1. The van der Waals surface area contributed by atoms with Gasteiger partial charge in [0.25, 0.3) is 0 Å². The van der Waals surface area contributed by atoms with E-state index < -0.39 is 0 Å². The van der Waals surface area contributed by atoms with E-state index in [1.54, 1.807) is 0 Å². The Morgan fingerprint density at radius 3 is 2.55 bits per heavy atom. The van der Waals surface area contributed by atoms with Crippen molar-refractivity contribution in [1.29, 1.82) is 0 Å². The van der Waals surface area contributed by atoms with Gasteiger partial charge in [0.15, 0.2) is 0 Å². The largest absolute Gasteiger partial charge is 0.395 e. The lowest BCUT2D eigenvalue weighted by molar-refractivity contribution is 0.178. The van der Waals surface area contributed by atoms with Crippen LogP contribution in [0.25, 0.3) is 0 Å². The Labute approximate surface area is 68.8 Å². The molecule has 2 heteroatoms. The fraction of sp³-hybridized carbons (Fsp3) is 1.00. The summed E-state index contributed by atoms with van der Waals surface area (Å²) in [6.07, 6.45) is 5.13. The highest BCUT2D eigenvalue weighted by atomic mass is 16.3. The summed E-state index contributed by atoms with van der Waals surface area (Å²) in [6.45, 7) is 2.39. The fourth-order valence-electron chi connectivity index (χ4n) is 1.75. The van der Waals surface area contributed by atoms with Gasteiger partial charge in [-0.25, -0.2) is 0 Å². The normalized spacial score (nSPS) is 24.3. The van der Waals surface area contributed by atoms with Crippen LogP contribution in [0.4, 0.5) is 0 Å². The van der Waals surface area contributed by atoms with Crippen LogP contribution in [0.5, 0.6) is 0 Å². The Morgan fingerprint density at radius 1 is 1.55 bits per heavy atom. The summed E-state index contributed by atoms with van der Waals surface area (Å²) in [6, 6.07) is 0.00519. The molecule has 0 bridgehead atoms. The Bertz CT molecular complexity index is 112. The average Bonchev–Trinajstić information content (AvgIpc) is 1.83. The van der Waals surface area contributed by atoms with E-state index in [1.807, 2.05) is 0 Å². The van der Waals surface area contributed by atoms with Gasteiger partial charge in [0.05, 0.1) is 6.61 Å². The minimum absolute atomic E-state index is 0.00519. The molecular formula is C9H19NO. The monoisotopic (exact) mass is 157 g/mol. The second-order valence-corrected chi connectivity index (χ2v) is 3.85. The number of nitrogens with two attached hydrogens (primary N) is 1. The quantitative estimate of drug-likeness (QED) is 0.642. The molecule has 0 amide bonds. The van der Waals surface area contributed by atoms with Gasteiger partial charge in [-0.2, -0.15) is 0 Å². The van der Waals surface area contributed by atoms with Crippen LogP contribution in [0.3, 0.4) is 0 Å². The molecule has 1 rings (SSSR count). The smallest absolute Gasteiger partial charge is 0.0582 e. The molecule has 0 radical (unpaired) electrons. The van der Waals surface area contributed by atoms with Gasteiger partial charge in [0.2, 0.25) is 0 Å². The van der Waals surface area contributed by atoms with Crippen LogP contribution >= 0.6 is 0 Å². The molecule has 0 aromatic carbocycles. The predicted octanol–water partition coefficient (Wildman–Crippen LogP) is 1.13. The molecular weight excluding hydrogens is 138 g/mol. The molecule has 0 aliphatic heterocycles. The van der Waals surface area contributed by atoms with Crippen molar-refractivity contribution in [1.82, 2.24) is 0 Å². The maximum atomic E-state index is 8.73. The van der Waals surface area contributed by atoms with Gasteiger partial charge < -0.3 is 10.8 Å². The second kappa shape index (κ2) is 4.07. The van der Waals surface area contributed by atoms with E-state index in [0.717, 1.165) is 12.3 Å². The molecule has 1 saturated carbocycles. The summed E-state index contributed by atoms with van der Waals surface area (Å²) in [5, 5.41) is 8.73. The topological polar surface area (TPSA) is 46.2 Å². The third-order valence-corrected chi connectivity index (χ3v) is 2.86. The van der Waals surface area contributed by atoms with E-state index in [0.29, 0.717) is 5.92 Å². The van der Waals surface area contributed by atoms with Gasteiger partial charge in [0, 0.05) is 6.04 Å². The van der Waals surface area contributed by atoms with Crippen molar-refractivity contribution in [3.8, 4) is 0 Å². The minimum atomic E-state index is 0.00519. The first kappa shape index (κ1) is 9.01. The zero-order valence-corrected chi connectivity index (χ0v) is 7.29. The highest BCUT2D eigenvalue weighted by molar-refractivity contribution is 4.77. The zero-order valence-electron chi connectivity index (χ0n) is 7.29. The first-order valence-corrected chi connectivity index (χ1v) is 4.60. The second-order valence-electron chi connectivity index (χ2n) is 3.85. The zero-order chi connectivity index (χ0) is 8.27. The maximum absolute atomic E-state index is 8.73. The standard InChI is InChI=1S/C9H19NO/c1-7(5-9(10)6-11)8-3-2-4-8/h7-9,11H,2-6,10H2,1H3. The van der Waals surface area contributed by atoms with Gasteiger partial charge in [-0.15, -0.1) is 0 Å². The van der Waals surface area contributed by atoms with Crippen LogP contribution in [0.15, 0.2) is 0 Å². The predicted molar refractivity (Wildman–Crippen MR) is 46.2 cm³/mol. The Kier molecular flexibility index (Phi) is 3.34. The molecule has 0 aromatic heterocycles. The molecule has 0 spiro atoms. The Hall–Kier alpha value is -0.0800. The molecule has 1 aliphatic rings. The van der Waals surface area contributed by atoms with E-state index in [-0.39, 0.29) is 12.6 Å². The molecule has 3 N–H and O–H groups in total. The lowest BCUT2D eigenvalue weighted by Crippen LogP contribution is -2.31. The van der Waals surface area contributed by atoms with Crippen molar-refractivity contribution >= 4 is 0 Å². The van der Waals surface area contributed by atoms with E-state index in [9.17, 15) is 0 Å². The average molecular weight is 157 g/mol. The van der Waals surface area contributed by atoms with Crippen LogP contribution in [-0.4, -0.2) is 17.8 Å². The Morgan fingerprint density at radius 2 is 2.18 bits per heavy atom. The van der Waals surface area contributed by atoms with E-state index >= 15 is 0 Å². The molecule has 1 aliphatic carbocycles. The number of aliphatic hydroxyl groups excluding tert-OH is 1. The molecule has 1 fully saturated rings. The van der Waals surface area contributed by atoms with Crippen LogP contribution in [-0.2, 0) is 0 Å². The SMILES string of the molecule is CC(CC(N)CO)C1CCC1. The van der Waals surface area contributed by atoms with E-state index in [4.69, 9.17) is 10.8 Å². The maximum Gasteiger partial charge on any atom is 0.0582 e. The molecule has 0 heterocycles.